The Morgan fingerprint density at radius 3 is 2.84 bits per heavy atom. The molecule has 0 radical (unpaired) electrons. The minimum Gasteiger partial charge on any atom is -0.338 e. The number of nitrogens with zero attached hydrogens (tertiary/aromatic N) is 3. The van der Waals surface area contributed by atoms with E-state index >= 15 is 0 Å². The Morgan fingerprint density at radius 2 is 2.11 bits per heavy atom. The fraction of sp³-hybridized carbons (Fsp3) is 0.429. The third-order valence-corrected chi connectivity index (χ3v) is 3.92. The van der Waals surface area contributed by atoms with Gasteiger partial charge in [0.1, 0.15) is 0 Å². The maximum atomic E-state index is 5.49. The second kappa shape index (κ2) is 4.15. The maximum Gasteiger partial charge on any atom is 0.240 e. The van der Waals surface area contributed by atoms with Gasteiger partial charge in [-0.2, -0.15) is 4.98 Å². The van der Waals surface area contributed by atoms with Crippen molar-refractivity contribution in [2.45, 2.75) is 38.5 Å². The molecule has 19 heavy (non-hydrogen) atoms. The minimum atomic E-state index is 0.285. The molecule has 2 N–H and O–H groups in total. The fourth-order valence-corrected chi connectivity index (χ4v) is 2.71. The summed E-state index contributed by atoms with van der Waals surface area (Å²) in [4.78, 5) is 6.83. The quantitative estimate of drug-likeness (QED) is 0.904. The Hall–Kier alpha value is -1.72. The van der Waals surface area contributed by atoms with Gasteiger partial charge >= 0.3 is 0 Å². The number of nitrogens with two attached hydrogens (primary N) is 1. The normalized spacial score (nSPS) is 18.8. The Kier molecular flexibility index (Phi) is 2.43. The number of hydrogen-bond donors (Lipinski definition) is 1. The Bertz CT molecular complexity index is 618. The van der Waals surface area contributed by atoms with E-state index in [2.05, 4.69) is 33.2 Å². The lowest BCUT2D eigenvalue weighted by Crippen LogP contribution is -2.18. The summed E-state index contributed by atoms with van der Waals surface area (Å²) in [6, 6.07) is 7.25. The second-order valence-electron chi connectivity index (χ2n) is 5.34. The van der Waals surface area contributed by atoms with Gasteiger partial charge in [0.15, 0.2) is 0 Å². The highest BCUT2D eigenvalue weighted by Crippen LogP contribution is 2.35. The number of benzene rings is 1. The first-order valence-electron chi connectivity index (χ1n) is 6.72. The van der Waals surface area contributed by atoms with Gasteiger partial charge in [-0.1, -0.05) is 17.3 Å². The van der Waals surface area contributed by atoms with Crippen molar-refractivity contribution in [3.63, 3.8) is 0 Å². The third-order valence-electron chi connectivity index (χ3n) is 3.92. The third kappa shape index (κ3) is 1.95. The van der Waals surface area contributed by atoms with Crippen LogP contribution in [0.4, 0.5) is 0 Å². The standard InChI is InChI=1S/C14H16N4O/c15-6-13-16-14(17-19-13)9-1-2-10-7-18(12-3-4-12)8-11(10)5-9/h1-2,5,12H,3-4,6-8,15H2. The maximum absolute atomic E-state index is 5.49. The highest BCUT2D eigenvalue weighted by molar-refractivity contribution is 5.57. The van der Waals surface area contributed by atoms with Crippen molar-refractivity contribution >= 4 is 0 Å². The zero-order valence-corrected chi connectivity index (χ0v) is 10.7. The molecular formula is C14H16N4O. The van der Waals surface area contributed by atoms with E-state index in [0.29, 0.717) is 11.7 Å². The molecule has 2 aliphatic rings. The molecule has 0 atom stereocenters. The molecular weight excluding hydrogens is 240 g/mol. The van der Waals surface area contributed by atoms with Crippen molar-refractivity contribution in [3.8, 4) is 11.4 Å². The Morgan fingerprint density at radius 1 is 1.26 bits per heavy atom. The number of aromatic nitrogens is 2. The molecule has 1 aromatic heterocycles. The highest BCUT2D eigenvalue weighted by atomic mass is 16.5. The minimum absolute atomic E-state index is 0.285. The van der Waals surface area contributed by atoms with Crippen molar-refractivity contribution in [2.75, 3.05) is 0 Å². The summed E-state index contributed by atoms with van der Waals surface area (Å²) in [5.41, 5.74) is 9.32. The van der Waals surface area contributed by atoms with E-state index in [1.165, 1.54) is 24.0 Å². The van der Waals surface area contributed by atoms with E-state index in [0.717, 1.165) is 24.7 Å². The van der Waals surface area contributed by atoms with Gasteiger partial charge in [0.25, 0.3) is 0 Å². The first-order valence-corrected chi connectivity index (χ1v) is 6.72. The molecule has 1 saturated carbocycles. The number of hydrogen-bond acceptors (Lipinski definition) is 5. The summed E-state index contributed by atoms with van der Waals surface area (Å²) < 4.78 is 5.06. The van der Waals surface area contributed by atoms with E-state index in [9.17, 15) is 0 Å². The molecule has 5 nitrogen and oxygen atoms in total. The first-order chi connectivity index (χ1) is 9.33. The average Bonchev–Trinajstić information content (AvgIpc) is 3.03. The zero-order valence-electron chi connectivity index (χ0n) is 10.7. The summed E-state index contributed by atoms with van der Waals surface area (Å²) in [5.74, 6) is 1.11. The molecule has 4 rings (SSSR count). The molecule has 0 spiro atoms. The van der Waals surface area contributed by atoms with Crippen LogP contribution >= 0.6 is 0 Å². The molecule has 2 heterocycles. The molecule has 1 fully saturated rings. The average molecular weight is 256 g/mol. The molecule has 0 bridgehead atoms. The van der Waals surface area contributed by atoms with Crippen LogP contribution in [0, 0.1) is 0 Å². The molecule has 98 valence electrons. The van der Waals surface area contributed by atoms with E-state index in [-0.39, 0.29) is 6.54 Å². The van der Waals surface area contributed by atoms with Crippen LogP contribution in [0.5, 0.6) is 0 Å². The van der Waals surface area contributed by atoms with Crippen molar-refractivity contribution in [1.29, 1.82) is 0 Å². The molecule has 1 aliphatic heterocycles. The topological polar surface area (TPSA) is 68.2 Å². The molecule has 1 aliphatic carbocycles. The van der Waals surface area contributed by atoms with Crippen LogP contribution in [0.15, 0.2) is 22.7 Å². The van der Waals surface area contributed by atoms with Crippen LogP contribution in [0.1, 0.15) is 29.9 Å². The number of fused-ring (bicyclic) bond motifs is 1. The van der Waals surface area contributed by atoms with Gasteiger partial charge in [0.2, 0.25) is 11.7 Å². The Balaban J connectivity index is 1.63. The van der Waals surface area contributed by atoms with Gasteiger partial charge < -0.3 is 10.3 Å². The summed E-state index contributed by atoms with van der Waals surface area (Å²) in [7, 11) is 0. The second-order valence-corrected chi connectivity index (χ2v) is 5.34. The lowest BCUT2D eigenvalue weighted by atomic mass is 10.1. The van der Waals surface area contributed by atoms with E-state index in [1.54, 1.807) is 0 Å². The summed E-state index contributed by atoms with van der Waals surface area (Å²) in [6.45, 7) is 2.42. The predicted molar refractivity (Wildman–Crippen MR) is 69.9 cm³/mol. The zero-order chi connectivity index (χ0) is 12.8. The van der Waals surface area contributed by atoms with Gasteiger partial charge in [0, 0.05) is 24.7 Å². The summed E-state index contributed by atoms with van der Waals surface area (Å²) >= 11 is 0. The smallest absolute Gasteiger partial charge is 0.240 e. The fourth-order valence-electron chi connectivity index (χ4n) is 2.71. The van der Waals surface area contributed by atoms with Crippen LogP contribution in [-0.4, -0.2) is 21.1 Å². The van der Waals surface area contributed by atoms with Crippen LogP contribution in [0.3, 0.4) is 0 Å². The van der Waals surface area contributed by atoms with Crippen molar-refractivity contribution < 1.29 is 4.52 Å². The molecule has 0 saturated heterocycles. The highest BCUT2D eigenvalue weighted by Gasteiger charge is 2.33. The summed E-state index contributed by atoms with van der Waals surface area (Å²) in [5, 5.41) is 3.97. The van der Waals surface area contributed by atoms with Gasteiger partial charge in [0.05, 0.1) is 6.54 Å². The van der Waals surface area contributed by atoms with Gasteiger partial charge in [-0.25, -0.2) is 0 Å². The first kappa shape index (κ1) is 11.1. The molecule has 0 amide bonds. The van der Waals surface area contributed by atoms with Crippen LogP contribution in [0.2, 0.25) is 0 Å². The van der Waals surface area contributed by atoms with E-state index in [4.69, 9.17) is 10.3 Å². The van der Waals surface area contributed by atoms with Gasteiger partial charge in [-0.3, -0.25) is 4.90 Å². The lowest BCUT2D eigenvalue weighted by molar-refractivity contribution is 0.273. The van der Waals surface area contributed by atoms with Crippen molar-refractivity contribution in [2.24, 2.45) is 5.73 Å². The van der Waals surface area contributed by atoms with Crippen molar-refractivity contribution in [3.05, 3.63) is 35.2 Å². The van der Waals surface area contributed by atoms with E-state index in [1.807, 2.05) is 0 Å². The van der Waals surface area contributed by atoms with Crippen LogP contribution in [0.25, 0.3) is 11.4 Å². The molecule has 1 aromatic carbocycles. The number of rotatable bonds is 3. The van der Waals surface area contributed by atoms with Gasteiger partial charge in [-0.05, 0) is 30.0 Å². The summed E-state index contributed by atoms with van der Waals surface area (Å²) in [6.07, 6.45) is 2.71. The Labute approximate surface area is 111 Å². The monoisotopic (exact) mass is 256 g/mol. The van der Waals surface area contributed by atoms with Gasteiger partial charge in [-0.15, -0.1) is 0 Å². The van der Waals surface area contributed by atoms with Crippen molar-refractivity contribution in [1.82, 2.24) is 15.0 Å². The van der Waals surface area contributed by atoms with Crippen LogP contribution < -0.4 is 5.73 Å². The van der Waals surface area contributed by atoms with E-state index < -0.39 is 0 Å². The lowest BCUT2D eigenvalue weighted by Gasteiger charge is -2.11. The molecule has 2 aromatic rings. The SMILES string of the molecule is NCc1nc(-c2ccc3c(c2)CN(C2CC2)C3)no1. The van der Waals surface area contributed by atoms with Crippen LogP contribution in [-0.2, 0) is 19.6 Å². The largest absolute Gasteiger partial charge is 0.338 e. The molecule has 5 heteroatoms. The predicted octanol–water partition coefficient (Wildman–Crippen LogP) is 1.67. The molecule has 0 unspecified atom stereocenters.